The van der Waals surface area contributed by atoms with E-state index >= 15 is 0 Å². The summed E-state index contributed by atoms with van der Waals surface area (Å²) in [5, 5.41) is 0.515. The molecule has 0 aliphatic carbocycles. The number of halogens is 1. The van der Waals surface area contributed by atoms with E-state index in [1.807, 2.05) is 13.8 Å². The van der Waals surface area contributed by atoms with Gasteiger partial charge in [0.1, 0.15) is 5.75 Å². The van der Waals surface area contributed by atoms with E-state index in [-0.39, 0.29) is 10.7 Å². The maximum absolute atomic E-state index is 13.5. The summed E-state index contributed by atoms with van der Waals surface area (Å²) in [5.41, 5.74) is 2.32. The minimum atomic E-state index is -3.92. The Balaban J connectivity index is 2.07. The number of sulfonamides is 1. The van der Waals surface area contributed by atoms with Crippen molar-refractivity contribution in [3.05, 3.63) is 106 Å². The Morgan fingerprint density at radius 1 is 1.00 bits per heavy atom. The summed E-state index contributed by atoms with van der Waals surface area (Å²) >= 11 is 6.06. The predicted molar refractivity (Wildman–Crippen MR) is 131 cm³/mol. The number of ether oxygens (including phenoxy) is 1. The van der Waals surface area contributed by atoms with Crippen molar-refractivity contribution in [1.29, 1.82) is 0 Å². The van der Waals surface area contributed by atoms with Gasteiger partial charge in [0.05, 0.1) is 18.0 Å². The first-order valence-corrected chi connectivity index (χ1v) is 12.3. The second kappa shape index (κ2) is 10.8. The molecule has 0 aliphatic rings. The SMILES string of the molecule is CC/C=C(\C(=O)c1ccc(OC)cc1)C(NS(=O)(=O)c1ccc(C)cc1)c1ccc(Cl)cc1. The number of Topliss-reactive ketones (excluding diaryl/α,β-unsaturated/α-hetero) is 1. The number of nitrogens with one attached hydrogen (secondary N) is 1. The number of hydrogen-bond donors (Lipinski definition) is 1. The average Bonchev–Trinajstić information content (AvgIpc) is 2.82. The van der Waals surface area contributed by atoms with Crippen LogP contribution in [0.15, 0.2) is 89.3 Å². The third-order valence-electron chi connectivity index (χ3n) is 5.16. The summed E-state index contributed by atoms with van der Waals surface area (Å²) in [5.74, 6) is 0.355. The number of allylic oxidation sites excluding steroid dienone is 1. The van der Waals surface area contributed by atoms with Crippen LogP contribution in [0.1, 0.15) is 40.9 Å². The number of carbonyl (C=O) groups excluding carboxylic acids is 1. The van der Waals surface area contributed by atoms with Gasteiger partial charge in [-0.05, 0) is 67.4 Å². The van der Waals surface area contributed by atoms with Crippen LogP contribution in [0.25, 0.3) is 0 Å². The molecule has 0 saturated heterocycles. The first-order valence-electron chi connectivity index (χ1n) is 10.5. The highest BCUT2D eigenvalue weighted by atomic mass is 35.5. The first kappa shape index (κ1) is 24.7. The molecule has 7 heteroatoms. The van der Waals surface area contributed by atoms with Crippen LogP contribution in [0, 0.1) is 6.92 Å². The molecule has 5 nitrogen and oxygen atoms in total. The van der Waals surface area contributed by atoms with E-state index in [9.17, 15) is 13.2 Å². The van der Waals surface area contributed by atoms with E-state index < -0.39 is 16.1 Å². The molecule has 0 bridgehead atoms. The molecule has 33 heavy (non-hydrogen) atoms. The molecule has 0 spiro atoms. The quantitative estimate of drug-likeness (QED) is 0.304. The van der Waals surface area contributed by atoms with Gasteiger partial charge in [0.15, 0.2) is 5.78 Å². The topological polar surface area (TPSA) is 72.5 Å². The Kier molecular flexibility index (Phi) is 8.08. The highest BCUT2D eigenvalue weighted by Crippen LogP contribution is 2.29. The molecular formula is C26H26ClNO4S. The van der Waals surface area contributed by atoms with Crippen LogP contribution in [-0.2, 0) is 10.0 Å². The molecule has 3 aromatic rings. The van der Waals surface area contributed by atoms with Gasteiger partial charge in [-0.3, -0.25) is 4.79 Å². The van der Waals surface area contributed by atoms with Gasteiger partial charge in [0.2, 0.25) is 10.0 Å². The van der Waals surface area contributed by atoms with Gasteiger partial charge in [-0.1, -0.05) is 54.4 Å². The van der Waals surface area contributed by atoms with E-state index in [0.29, 0.717) is 33.9 Å². The Morgan fingerprint density at radius 2 is 1.61 bits per heavy atom. The largest absolute Gasteiger partial charge is 0.497 e. The summed E-state index contributed by atoms with van der Waals surface area (Å²) in [4.78, 5) is 13.6. The maximum Gasteiger partial charge on any atom is 0.241 e. The third-order valence-corrected chi connectivity index (χ3v) is 6.85. The molecule has 1 unspecified atom stereocenters. The van der Waals surface area contributed by atoms with Crippen molar-refractivity contribution in [2.24, 2.45) is 0 Å². The second-order valence-electron chi connectivity index (χ2n) is 7.54. The van der Waals surface area contributed by atoms with Gasteiger partial charge in [0.25, 0.3) is 0 Å². The van der Waals surface area contributed by atoms with E-state index in [1.165, 1.54) is 0 Å². The number of hydrogen-bond acceptors (Lipinski definition) is 4. The zero-order chi connectivity index (χ0) is 24.0. The number of rotatable bonds is 9. The van der Waals surface area contributed by atoms with Gasteiger partial charge in [-0.25, -0.2) is 8.42 Å². The van der Waals surface area contributed by atoms with Gasteiger partial charge >= 0.3 is 0 Å². The number of aryl methyl sites for hydroxylation is 1. The molecule has 0 aromatic heterocycles. The fourth-order valence-electron chi connectivity index (χ4n) is 3.38. The van der Waals surface area contributed by atoms with Crippen molar-refractivity contribution >= 4 is 27.4 Å². The highest BCUT2D eigenvalue weighted by molar-refractivity contribution is 7.89. The number of methoxy groups -OCH3 is 1. The zero-order valence-electron chi connectivity index (χ0n) is 18.7. The Labute approximate surface area is 200 Å². The van der Waals surface area contributed by atoms with Gasteiger partial charge in [-0.2, -0.15) is 4.72 Å². The molecule has 0 fully saturated rings. The van der Waals surface area contributed by atoms with E-state index in [4.69, 9.17) is 16.3 Å². The van der Waals surface area contributed by atoms with Gasteiger partial charge in [0, 0.05) is 16.2 Å². The summed E-state index contributed by atoms with van der Waals surface area (Å²) in [7, 11) is -2.37. The van der Waals surface area contributed by atoms with Crippen molar-refractivity contribution in [2.75, 3.05) is 7.11 Å². The van der Waals surface area contributed by atoms with Gasteiger partial charge < -0.3 is 4.74 Å². The minimum absolute atomic E-state index is 0.125. The highest BCUT2D eigenvalue weighted by Gasteiger charge is 2.28. The Morgan fingerprint density at radius 3 is 2.15 bits per heavy atom. The standard InChI is InChI=1S/C26H26ClNO4S/c1-4-5-24(26(29)20-10-14-22(32-3)15-11-20)25(19-8-12-21(27)13-9-19)28-33(30,31)23-16-6-18(2)7-17-23/h5-17,25,28H,4H2,1-3H3/b24-5-. The van der Waals surface area contributed by atoms with E-state index in [1.54, 1.807) is 86.0 Å². The minimum Gasteiger partial charge on any atom is -0.497 e. The summed E-state index contributed by atoms with van der Waals surface area (Å²) in [6.45, 7) is 3.78. The average molecular weight is 484 g/mol. The smallest absolute Gasteiger partial charge is 0.241 e. The van der Waals surface area contributed by atoms with Crippen molar-refractivity contribution in [1.82, 2.24) is 4.72 Å². The third kappa shape index (κ3) is 6.11. The summed E-state index contributed by atoms with van der Waals surface area (Å²) in [6, 6.07) is 19.2. The maximum atomic E-state index is 13.5. The fraction of sp³-hybridized carbons (Fsp3) is 0.192. The van der Waals surface area contributed by atoms with E-state index in [2.05, 4.69) is 4.72 Å². The molecule has 0 saturated carbocycles. The molecule has 0 aliphatic heterocycles. The first-order chi connectivity index (χ1) is 15.7. The van der Waals surface area contributed by atoms with Crippen LogP contribution in [0.4, 0.5) is 0 Å². The van der Waals surface area contributed by atoms with E-state index in [0.717, 1.165) is 5.56 Å². The number of carbonyl (C=O) groups is 1. The lowest BCUT2D eigenvalue weighted by Gasteiger charge is -2.22. The predicted octanol–water partition coefficient (Wildman–Crippen LogP) is 5.90. The van der Waals surface area contributed by atoms with Crippen molar-refractivity contribution in [3.63, 3.8) is 0 Å². The summed E-state index contributed by atoms with van der Waals surface area (Å²) in [6.07, 6.45) is 2.30. The van der Waals surface area contributed by atoms with Crippen molar-refractivity contribution < 1.29 is 17.9 Å². The zero-order valence-corrected chi connectivity index (χ0v) is 20.3. The lowest BCUT2D eigenvalue weighted by molar-refractivity contribution is 0.102. The second-order valence-corrected chi connectivity index (χ2v) is 9.69. The van der Waals surface area contributed by atoms with Crippen LogP contribution < -0.4 is 9.46 Å². The molecule has 0 amide bonds. The Bertz CT molecular complexity index is 1230. The van der Waals surface area contributed by atoms with Crippen molar-refractivity contribution in [3.8, 4) is 5.75 Å². The van der Waals surface area contributed by atoms with Gasteiger partial charge in [-0.15, -0.1) is 0 Å². The lowest BCUT2D eigenvalue weighted by atomic mass is 9.92. The fourth-order valence-corrected chi connectivity index (χ4v) is 4.71. The monoisotopic (exact) mass is 483 g/mol. The molecule has 3 aromatic carbocycles. The van der Waals surface area contributed by atoms with Crippen molar-refractivity contribution in [2.45, 2.75) is 31.2 Å². The van der Waals surface area contributed by atoms with Crippen LogP contribution in [-0.4, -0.2) is 21.3 Å². The number of ketones is 1. The van der Waals surface area contributed by atoms with Crippen LogP contribution >= 0.6 is 11.6 Å². The molecule has 1 atom stereocenters. The summed E-state index contributed by atoms with van der Waals surface area (Å²) < 4.78 is 34.4. The Hall–Kier alpha value is -2.93. The molecular weight excluding hydrogens is 458 g/mol. The number of benzene rings is 3. The van der Waals surface area contributed by atoms with Crippen LogP contribution in [0.5, 0.6) is 5.75 Å². The van der Waals surface area contributed by atoms with Crippen LogP contribution in [0.2, 0.25) is 5.02 Å². The normalized spacial score (nSPS) is 12.9. The molecule has 3 rings (SSSR count). The molecule has 172 valence electrons. The molecule has 0 radical (unpaired) electrons. The lowest BCUT2D eigenvalue weighted by Crippen LogP contribution is -2.32. The van der Waals surface area contributed by atoms with Crippen LogP contribution in [0.3, 0.4) is 0 Å². The molecule has 0 heterocycles. The molecule has 1 N–H and O–H groups in total.